The lowest BCUT2D eigenvalue weighted by molar-refractivity contribution is 0.321. The topological polar surface area (TPSA) is 40.5 Å². The highest BCUT2D eigenvalue weighted by atomic mass is 16.4. The molecule has 0 aromatic heterocycles. The van der Waals surface area contributed by atoms with E-state index in [0.717, 1.165) is 11.8 Å². The van der Waals surface area contributed by atoms with Crippen LogP contribution in [0.2, 0.25) is 6.32 Å². The maximum atomic E-state index is 8.80. The summed E-state index contributed by atoms with van der Waals surface area (Å²) in [5, 5.41) is 17.6. The minimum Gasteiger partial charge on any atom is -0.427 e. The summed E-state index contributed by atoms with van der Waals surface area (Å²) in [6.07, 6.45) is 5.95. The Morgan fingerprint density at radius 2 is 2.00 bits per heavy atom. The number of hydrogen-bond donors (Lipinski definition) is 2. The molecule has 0 aromatic carbocycles. The van der Waals surface area contributed by atoms with E-state index >= 15 is 0 Å². The molecule has 2 saturated carbocycles. The molecule has 3 unspecified atom stereocenters. The first-order valence-electron chi connectivity index (χ1n) is 4.62. The lowest BCUT2D eigenvalue weighted by atomic mass is 9.72. The molecule has 2 nitrogen and oxygen atoms in total. The Labute approximate surface area is 67.8 Å². The van der Waals surface area contributed by atoms with Gasteiger partial charge in [0.2, 0.25) is 0 Å². The Hall–Kier alpha value is -0.0151. The predicted molar refractivity (Wildman–Crippen MR) is 43.9 cm³/mol. The molecule has 2 fully saturated rings. The summed E-state index contributed by atoms with van der Waals surface area (Å²) in [4.78, 5) is 0. The van der Waals surface area contributed by atoms with Crippen molar-refractivity contribution in [3.63, 3.8) is 0 Å². The summed E-state index contributed by atoms with van der Waals surface area (Å²) < 4.78 is 0. The minimum atomic E-state index is -1.07. The van der Waals surface area contributed by atoms with Crippen LogP contribution < -0.4 is 0 Å². The summed E-state index contributed by atoms with van der Waals surface area (Å²) in [7, 11) is -1.07. The first-order valence-corrected chi connectivity index (χ1v) is 4.62. The van der Waals surface area contributed by atoms with Gasteiger partial charge in [0.05, 0.1) is 0 Å². The average Bonchev–Trinajstić information content (AvgIpc) is 2.45. The van der Waals surface area contributed by atoms with Gasteiger partial charge in [0, 0.05) is 0 Å². The Morgan fingerprint density at radius 1 is 1.18 bits per heavy atom. The molecule has 2 N–H and O–H groups in total. The van der Waals surface area contributed by atoms with Crippen LogP contribution in [0.5, 0.6) is 0 Å². The fourth-order valence-electron chi connectivity index (χ4n) is 2.94. The quantitative estimate of drug-likeness (QED) is 0.580. The number of rotatable bonds is 2. The van der Waals surface area contributed by atoms with Crippen LogP contribution in [-0.2, 0) is 0 Å². The van der Waals surface area contributed by atoms with Gasteiger partial charge in [-0.25, -0.2) is 0 Å². The van der Waals surface area contributed by atoms with E-state index in [2.05, 4.69) is 0 Å². The van der Waals surface area contributed by atoms with Crippen molar-refractivity contribution in [2.75, 3.05) is 0 Å². The van der Waals surface area contributed by atoms with Gasteiger partial charge in [0.25, 0.3) is 0 Å². The number of hydrogen-bond acceptors (Lipinski definition) is 2. The molecule has 2 aliphatic carbocycles. The zero-order valence-corrected chi connectivity index (χ0v) is 6.74. The van der Waals surface area contributed by atoms with Crippen molar-refractivity contribution in [3.8, 4) is 0 Å². The number of fused-ring (bicyclic) bond motifs is 2. The Bertz CT molecular complexity index is 149. The minimum absolute atomic E-state index is 0.612. The van der Waals surface area contributed by atoms with Gasteiger partial charge in [-0.3, -0.25) is 0 Å². The van der Waals surface area contributed by atoms with Crippen LogP contribution in [0.3, 0.4) is 0 Å². The third kappa shape index (κ3) is 1.45. The molecule has 11 heavy (non-hydrogen) atoms. The van der Waals surface area contributed by atoms with Crippen LogP contribution in [0.1, 0.15) is 25.7 Å². The van der Waals surface area contributed by atoms with Gasteiger partial charge in [-0.2, -0.15) is 0 Å². The lowest BCUT2D eigenvalue weighted by Crippen LogP contribution is -2.20. The molecule has 2 bridgehead atoms. The second-order valence-electron chi connectivity index (χ2n) is 4.15. The van der Waals surface area contributed by atoms with Crippen molar-refractivity contribution in [2.45, 2.75) is 32.0 Å². The van der Waals surface area contributed by atoms with Gasteiger partial charge in [0.1, 0.15) is 0 Å². The van der Waals surface area contributed by atoms with Gasteiger partial charge >= 0.3 is 7.12 Å². The molecular formula is C8H15BO2. The van der Waals surface area contributed by atoms with E-state index in [1.807, 2.05) is 0 Å². The highest BCUT2D eigenvalue weighted by Crippen LogP contribution is 2.49. The van der Waals surface area contributed by atoms with Gasteiger partial charge in [0.15, 0.2) is 0 Å². The van der Waals surface area contributed by atoms with E-state index in [0.29, 0.717) is 12.2 Å². The molecule has 0 spiro atoms. The molecule has 0 aliphatic heterocycles. The van der Waals surface area contributed by atoms with Crippen molar-refractivity contribution >= 4 is 7.12 Å². The lowest BCUT2D eigenvalue weighted by Gasteiger charge is -2.20. The monoisotopic (exact) mass is 154 g/mol. The summed E-state index contributed by atoms with van der Waals surface area (Å²) >= 11 is 0. The van der Waals surface area contributed by atoms with Crippen molar-refractivity contribution < 1.29 is 10.0 Å². The van der Waals surface area contributed by atoms with Crippen LogP contribution in [-0.4, -0.2) is 17.2 Å². The SMILES string of the molecule is OB(O)CC1CC2CCC1C2. The maximum Gasteiger partial charge on any atom is 0.451 e. The standard InChI is InChI=1S/C8H15BO2/c10-9(11)5-8-4-6-1-2-7(8)3-6/h6-8,10-11H,1-5H2. The molecule has 0 radical (unpaired) electrons. The van der Waals surface area contributed by atoms with Crippen molar-refractivity contribution in [2.24, 2.45) is 17.8 Å². The van der Waals surface area contributed by atoms with Crippen LogP contribution in [0, 0.1) is 17.8 Å². The van der Waals surface area contributed by atoms with E-state index in [4.69, 9.17) is 10.0 Å². The molecule has 3 atom stereocenters. The molecule has 0 saturated heterocycles. The Balaban J connectivity index is 1.87. The largest absolute Gasteiger partial charge is 0.451 e. The summed E-state index contributed by atoms with van der Waals surface area (Å²) in [5.74, 6) is 2.36. The first kappa shape index (κ1) is 7.62. The molecular weight excluding hydrogens is 139 g/mol. The Kier molecular flexibility index (Phi) is 1.94. The Morgan fingerprint density at radius 3 is 2.45 bits per heavy atom. The van der Waals surface area contributed by atoms with Crippen LogP contribution in [0.15, 0.2) is 0 Å². The maximum absolute atomic E-state index is 8.80. The summed E-state index contributed by atoms with van der Waals surface area (Å²) in [6, 6.07) is 0. The van der Waals surface area contributed by atoms with Crippen LogP contribution in [0.4, 0.5) is 0 Å². The second-order valence-corrected chi connectivity index (χ2v) is 4.15. The van der Waals surface area contributed by atoms with E-state index in [9.17, 15) is 0 Å². The third-order valence-electron chi connectivity index (χ3n) is 3.40. The molecule has 0 aromatic rings. The zero-order chi connectivity index (χ0) is 7.84. The third-order valence-corrected chi connectivity index (χ3v) is 3.40. The van der Waals surface area contributed by atoms with Crippen LogP contribution >= 0.6 is 0 Å². The molecule has 0 heterocycles. The smallest absolute Gasteiger partial charge is 0.427 e. The van der Waals surface area contributed by atoms with Crippen molar-refractivity contribution in [1.82, 2.24) is 0 Å². The van der Waals surface area contributed by atoms with Gasteiger partial charge in [-0.05, 0) is 43.3 Å². The van der Waals surface area contributed by atoms with Crippen molar-refractivity contribution in [3.05, 3.63) is 0 Å². The fourth-order valence-corrected chi connectivity index (χ4v) is 2.94. The molecule has 62 valence electrons. The molecule has 2 rings (SSSR count). The highest BCUT2D eigenvalue weighted by molar-refractivity contribution is 6.41. The summed E-state index contributed by atoms with van der Waals surface area (Å²) in [6.45, 7) is 0. The normalized spacial score (nSPS) is 41.5. The van der Waals surface area contributed by atoms with E-state index in [1.165, 1.54) is 25.7 Å². The fraction of sp³-hybridized carbons (Fsp3) is 1.00. The average molecular weight is 154 g/mol. The predicted octanol–water partition coefficient (Wildman–Crippen LogP) is 0.895. The molecule has 3 heteroatoms. The van der Waals surface area contributed by atoms with Crippen LogP contribution in [0.25, 0.3) is 0 Å². The highest BCUT2D eigenvalue weighted by Gasteiger charge is 2.40. The van der Waals surface area contributed by atoms with E-state index < -0.39 is 7.12 Å². The van der Waals surface area contributed by atoms with Gasteiger partial charge in [-0.15, -0.1) is 0 Å². The van der Waals surface area contributed by atoms with E-state index in [-0.39, 0.29) is 0 Å². The second kappa shape index (κ2) is 2.79. The molecule has 2 aliphatic rings. The zero-order valence-electron chi connectivity index (χ0n) is 6.74. The van der Waals surface area contributed by atoms with Gasteiger partial charge in [-0.1, -0.05) is 6.42 Å². The van der Waals surface area contributed by atoms with E-state index in [1.54, 1.807) is 0 Å². The molecule has 0 amide bonds. The first-order chi connectivity index (χ1) is 5.25. The summed E-state index contributed by atoms with van der Waals surface area (Å²) in [5.41, 5.74) is 0. The van der Waals surface area contributed by atoms with Gasteiger partial charge < -0.3 is 10.0 Å². The van der Waals surface area contributed by atoms with Crippen molar-refractivity contribution in [1.29, 1.82) is 0 Å².